The van der Waals surface area contributed by atoms with Gasteiger partial charge in [0.2, 0.25) is 0 Å². The lowest BCUT2D eigenvalue weighted by atomic mass is 10.3. The molecular weight excluding hydrogens is 412 g/mol. The second kappa shape index (κ2) is 8.63. The van der Waals surface area contributed by atoms with E-state index in [0.29, 0.717) is 9.79 Å². The van der Waals surface area contributed by atoms with Gasteiger partial charge in [-0.2, -0.15) is 10.9 Å². The summed E-state index contributed by atoms with van der Waals surface area (Å²) in [5, 5.41) is 0. The van der Waals surface area contributed by atoms with Crippen molar-refractivity contribution in [2.24, 2.45) is 0 Å². The molecule has 142 valence electrons. The molecule has 0 aliphatic carbocycles. The van der Waals surface area contributed by atoms with Crippen molar-refractivity contribution in [1.82, 2.24) is 0 Å². The highest BCUT2D eigenvalue weighted by Crippen LogP contribution is 2.53. The molecule has 0 heterocycles. The third-order valence-corrected chi connectivity index (χ3v) is 7.87. The van der Waals surface area contributed by atoms with Gasteiger partial charge in [-0.25, -0.2) is 17.6 Å². The molecule has 0 aliphatic heterocycles. The molecule has 3 aromatic carbocycles. The fourth-order valence-electron chi connectivity index (χ4n) is 2.77. The fourth-order valence-corrected chi connectivity index (χ4v) is 6.12. The Kier molecular flexibility index (Phi) is 6.44. The second-order valence-corrected chi connectivity index (χ2v) is 9.41. The quantitative estimate of drug-likeness (QED) is 0.260. The number of thioether (sulfide) groups is 2. The average molecular weight is 429 g/mol. The highest BCUT2D eigenvalue weighted by molar-refractivity contribution is 8.17. The molecule has 0 spiro atoms. The number of hydrogen-bond donors (Lipinski definition) is 1. The van der Waals surface area contributed by atoms with Gasteiger partial charge in [0.05, 0.1) is 9.79 Å². The molecule has 0 aliphatic rings. The Hall–Kier alpha value is -1.57. The van der Waals surface area contributed by atoms with Gasteiger partial charge in [0.1, 0.15) is 23.3 Å². The predicted octanol–water partition coefficient (Wildman–Crippen LogP) is 7.17. The molecule has 27 heavy (non-hydrogen) atoms. The molecule has 0 atom stereocenters. The maximum atomic E-state index is 14.4. The van der Waals surface area contributed by atoms with Crippen LogP contribution in [0.5, 0.6) is 0 Å². The van der Waals surface area contributed by atoms with Crippen molar-refractivity contribution in [3.63, 3.8) is 0 Å². The van der Waals surface area contributed by atoms with Gasteiger partial charge in [0, 0.05) is 9.79 Å². The first-order valence-corrected chi connectivity index (χ1v) is 11.7. The third kappa shape index (κ3) is 4.15. The molecule has 3 rings (SSSR count). The summed E-state index contributed by atoms with van der Waals surface area (Å²) in [6.07, 6.45) is 3.18. The van der Waals surface area contributed by atoms with E-state index in [1.807, 2.05) is 6.07 Å². The normalized spacial score (nSPS) is 11.6. The zero-order valence-electron chi connectivity index (χ0n) is 14.5. The van der Waals surface area contributed by atoms with Gasteiger partial charge in [0.15, 0.2) is 0 Å². The molecule has 0 fully saturated rings. The zero-order chi connectivity index (χ0) is 19.6. The van der Waals surface area contributed by atoms with Crippen LogP contribution in [-0.4, -0.2) is 12.5 Å². The van der Waals surface area contributed by atoms with Crippen molar-refractivity contribution >= 4 is 34.4 Å². The van der Waals surface area contributed by atoms with Crippen molar-refractivity contribution in [3.8, 4) is 0 Å². The number of benzene rings is 3. The number of thiol groups is 1. The van der Waals surface area contributed by atoms with E-state index in [9.17, 15) is 17.6 Å². The summed E-state index contributed by atoms with van der Waals surface area (Å²) in [6.45, 7) is 0. The second-order valence-electron chi connectivity index (χ2n) is 5.56. The van der Waals surface area contributed by atoms with Crippen LogP contribution in [0, 0.1) is 23.3 Å². The Balaban J connectivity index is 2.23. The van der Waals surface area contributed by atoms with Crippen LogP contribution in [0.3, 0.4) is 0 Å². The van der Waals surface area contributed by atoms with Crippen molar-refractivity contribution in [3.05, 3.63) is 77.9 Å². The molecule has 0 bridgehead atoms. The highest BCUT2D eigenvalue weighted by atomic mass is 32.2. The van der Waals surface area contributed by atoms with Gasteiger partial charge in [-0.1, -0.05) is 18.2 Å². The van der Waals surface area contributed by atoms with E-state index < -0.39 is 34.2 Å². The van der Waals surface area contributed by atoms with E-state index in [-0.39, 0.29) is 9.79 Å². The molecule has 7 heteroatoms. The molecule has 0 unspecified atom stereocenters. The monoisotopic (exact) mass is 428 g/mol. The molecule has 0 aromatic heterocycles. The van der Waals surface area contributed by atoms with Crippen LogP contribution in [0.2, 0.25) is 0 Å². The van der Waals surface area contributed by atoms with Crippen LogP contribution < -0.4 is 0 Å². The van der Waals surface area contributed by atoms with Gasteiger partial charge in [0.25, 0.3) is 0 Å². The summed E-state index contributed by atoms with van der Waals surface area (Å²) in [5.74, 6) is -2.71. The minimum Gasteiger partial charge on any atom is -0.206 e. The molecule has 0 radical (unpaired) electrons. The third-order valence-electron chi connectivity index (χ3n) is 3.91. The highest BCUT2D eigenvalue weighted by Gasteiger charge is 2.20. The first kappa shape index (κ1) is 20.2. The Morgan fingerprint density at radius 1 is 0.593 bits per heavy atom. The molecule has 0 nitrogen and oxygen atoms in total. The van der Waals surface area contributed by atoms with Gasteiger partial charge in [-0.05, 0) is 53.8 Å². The zero-order valence-corrected chi connectivity index (χ0v) is 17.0. The first-order chi connectivity index (χ1) is 13.0. The Bertz CT molecular complexity index is 855. The van der Waals surface area contributed by atoms with Gasteiger partial charge in [-0.3, -0.25) is 0 Å². The van der Waals surface area contributed by atoms with Crippen molar-refractivity contribution in [2.45, 2.75) is 24.5 Å². The van der Waals surface area contributed by atoms with E-state index in [1.54, 1.807) is 36.8 Å². The summed E-state index contributed by atoms with van der Waals surface area (Å²) < 4.78 is 57.5. The summed E-state index contributed by atoms with van der Waals surface area (Å²) in [4.78, 5) is 1.33. The van der Waals surface area contributed by atoms with Gasteiger partial charge in [-0.15, -0.1) is 23.5 Å². The summed E-state index contributed by atoms with van der Waals surface area (Å²) in [5.41, 5.74) is 0. The van der Waals surface area contributed by atoms with Crippen LogP contribution >= 0.6 is 34.4 Å². The van der Waals surface area contributed by atoms with Crippen LogP contribution in [0.15, 0.2) is 79.1 Å². The molecular formula is C20H16F4S3. The SMILES string of the molecule is CSc1c(F)cc([SH](c2ccccc2)c2cc(F)c(SC)c(F)c2)cc1F. The molecule has 0 saturated heterocycles. The summed E-state index contributed by atoms with van der Waals surface area (Å²) in [6, 6.07) is 14.0. The van der Waals surface area contributed by atoms with E-state index in [1.165, 1.54) is 24.3 Å². The topological polar surface area (TPSA) is 0 Å². The number of halogens is 4. The van der Waals surface area contributed by atoms with E-state index in [0.717, 1.165) is 28.4 Å². The summed E-state index contributed by atoms with van der Waals surface area (Å²) in [7, 11) is -1.52. The fraction of sp³-hybridized carbons (Fsp3) is 0.100. The maximum Gasteiger partial charge on any atom is 0.140 e. The standard InChI is InChI=1S/C20H16F4S3/c1-25-19-15(21)8-13(9-16(19)22)27(12-6-4-3-5-7-12)14-10-17(23)20(26-2)18(24)11-14/h3-11,27H,1-2H3. The number of hydrogen-bond acceptors (Lipinski definition) is 2. The lowest BCUT2D eigenvalue weighted by molar-refractivity contribution is 0.534. The molecule has 0 amide bonds. The van der Waals surface area contributed by atoms with E-state index >= 15 is 0 Å². The lowest BCUT2D eigenvalue weighted by Gasteiger charge is -2.24. The molecule has 0 N–H and O–H groups in total. The van der Waals surface area contributed by atoms with Crippen LogP contribution in [-0.2, 0) is 0 Å². The predicted molar refractivity (Wildman–Crippen MR) is 107 cm³/mol. The van der Waals surface area contributed by atoms with E-state index in [2.05, 4.69) is 0 Å². The first-order valence-electron chi connectivity index (χ1n) is 7.87. The van der Waals surface area contributed by atoms with Gasteiger partial charge >= 0.3 is 0 Å². The molecule has 3 aromatic rings. The minimum atomic E-state index is -1.52. The van der Waals surface area contributed by atoms with Crippen LogP contribution in [0.25, 0.3) is 0 Å². The van der Waals surface area contributed by atoms with Crippen molar-refractivity contribution < 1.29 is 17.6 Å². The van der Waals surface area contributed by atoms with Crippen LogP contribution in [0.4, 0.5) is 17.6 Å². The smallest absolute Gasteiger partial charge is 0.140 e. The Labute approximate surface area is 166 Å². The summed E-state index contributed by atoms with van der Waals surface area (Å²) >= 11 is 1.96. The molecule has 0 saturated carbocycles. The van der Waals surface area contributed by atoms with Crippen LogP contribution in [0.1, 0.15) is 0 Å². The number of rotatable bonds is 5. The van der Waals surface area contributed by atoms with Crippen molar-refractivity contribution in [2.75, 3.05) is 12.5 Å². The van der Waals surface area contributed by atoms with Crippen molar-refractivity contribution in [1.29, 1.82) is 0 Å². The Morgan fingerprint density at radius 3 is 1.30 bits per heavy atom. The largest absolute Gasteiger partial charge is 0.206 e. The maximum absolute atomic E-state index is 14.4. The van der Waals surface area contributed by atoms with Gasteiger partial charge < -0.3 is 0 Å². The average Bonchev–Trinajstić information content (AvgIpc) is 2.62. The van der Waals surface area contributed by atoms with E-state index in [4.69, 9.17) is 0 Å². The minimum absolute atomic E-state index is 0.0724. The Morgan fingerprint density at radius 2 is 0.963 bits per heavy atom. The lowest BCUT2D eigenvalue weighted by Crippen LogP contribution is -1.96.